The van der Waals surface area contributed by atoms with Crippen LogP contribution in [0.15, 0.2) is 24.5 Å². The van der Waals surface area contributed by atoms with E-state index in [1.807, 2.05) is 0 Å². The van der Waals surface area contributed by atoms with E-state index in [0.29, 0.717) is 22.8 Å². The van der Waals surface area contributed by atoms with E-state index in [1.54, 1.807) is 0 Å². The van der Waals surface area contributed by atoms with Crippen molar-refractivity contribution in [1.82, 2.24) is 5.32 Å². The summed E-state index contributed by atoms with van der Waals surface area (Å²) < 4.78 is 0.673. The van der Waals surface area contributed by atoms with Crippen LogP contribution in [-0.4, -0.2) is 12.5 Å². The molecule has 0 bridgehead atoms. The standard InChI is InChI=1S/C14H22N2O2/c1-3-5-6-12(4-2)11-15-14(17)13-7-9-16(18)10-8-13/h7-10,12H,3-6,11H2,1-2H3,(H,15,17). The van der Waals surface area contributed by atoms with Crippen LogP contribution in [0.2, 0.25) is 0 Å². The minimum absolute atomic E-state index is 0.106. The molecule has 1 atom stereocenters. The molecule has 0 aliphatic heterocycles. The first-order valence-electron chi connectivity index (χ1n) is 6.64. The van der Waals surface area contributed by atoms with Gasteiger partial charge in [-0.05, 0) is 12.3 Å². The fourth-order valence-electron chi connectivity index (χ4n) is 1.85. The maximum atomic E-state index is 11.8. The van der Waals surface area contributed by atoms with Crippen LogP contribution in [0.5, 0.6) is 0 Å². The summed E-state index contributed by atoms with van der Waals surface area (Å²) in [5.41, 5.74) is 0.535. The molecule has 0 saturated heterocycles. The fourth-order valence-corrected chi connectivity index (χ4v) is 1.85. The molecule has 0 saturated carbocycles. The van der Waals surface area contributed by atoms with E-state index in [0.717, 1.165) is 12.8 Å². The largest absolute Gasteiger partial charge is 0.619 e. The van der Waals surface area contributed by atoms with Crippen LogP contribution in [0.3, 0.4) is 0 Å². The Kier molecular flexibility index (Phi) is 6.19. The quantitative estimate of drug-likeness (QED) is 0.596. The fraction of sp³-hybridized carbons (Fsp3) is 0.571. The van der Waals surface area contributed by atoms with Crippen LogP contribution in [0.25, 0.3) is 0 Å². The number of carbonyl (C=O) groups excluding carboxylic acids is 1. The molecule has 1 aromatic heterocycles. The molecule has 100 valence electrons. The number of hydrogen-bond acceptors (Lipinski definition) is 2. The Hall–Kier alpha value is -1.58. The number of aromatic nitrogens is 1. The Balaban J connectivity index is 2.42. The third-order valence-electron chi connectivity index (χ3n) is 3.16. The van der Waals surface area contributed by atoms with Gasteiger partial charge < -0.3 is 10.5 Å². The van der Waals surface area contributed by atoms with Gasteiger partial charge >= 0.3 is 0 Å². The summed E-state index contributed by atoms with van der Waals surface area (Å²) in [6, 6.07) is 3.07. The van der Waals surface area contributed by atoms with E-state index in [9.17, 15) is 10.0 Å². The van der Waals surface area contributed by atoms with Crippen molar-refractivity contribution in [2.24, 2.45) is 5.92 Å². The van der Waals surface area contributed by atoms with Gasteiger partial charge in [-0.25, -0.2) is 0 Å². The lowest BCUT2D eigenvalue weighted by molar-refractivity contribution is -0.605. The predicted molar refractivity (Wildman–Crippen MR) is 71.0 cm³/mol. The maximum absolute atomic E-state index is 11.8. The zero-order chi connectivity index (χ0) is 13.4. The summed E-state index contributed by atoms with van der Waals surface area (Å²) in [4.78, 5) is 11.8. The number of carbonyl (C=O) groups is 1. The van der Waals surface area contributed by atoms with Crippen LogP contribution in [-0.2, 0) is 0 Å². The average molecular weight is 250 g/mol. The number of nitrogens with zero attached hydrogens (tertiary/aromatic N) is 1. The molecule has 0 radical (unpaired) electrons. The van der Waals surface area contributed by atoms with Crippen molar-refractivity contribution in [1.29, 1.82) is 0 Å². The molecule has 1 amide bonds. The van der Waals surface area contributed by atoms with Crippen LogP contribution < -0.4 is 10.0 Å². The molecule has 0 fully saturated rings. The summed E-state index contributed by atoms with van der Waals surface area (Å²) >= 11 is 0. The minimum Gasteiger partial charge on any atom is -0.619 e. The normalized spacial score (nSPS) is 12.1. The van der Waals surface area contributed by atoms with Gasteiger partial charge in [0.2, 0.25) is 0 Å². The number of nitrogens with one attached hydrogen (secondary N) is 1. The Morgan fingerprint density at radius 1 is 1.39 bits per heavy atom. The molecule has 0 spiro atoms. The topological polar surface area (TPSA) is 56.0 Å². The van der Waals surface area contributed by atoms with Crippen molar-refractivity contribution < 1.29 is 9.52 Å². The van der Waals surface area contributed by atoms with Crippen molar-refractivity contribution in [2.75, 3.05) is 6.54 Å². The average Bonchev–Trinajstić information content (AvgIpc) is 2.39. The van der Waals surface area contributed by atoms with E-state index in [2.05, 4.69) is 19.2 Å². The third kappa shape index (κ3) is 4.73. The first kappa shape index (κ1) is 14.5. The molecule has 4 nitrogen and oxygen atoms in total. The molecule has 0 aliphatic rings. The Morgan fingerprint density at radius 3 is 2.61 bits per heavy atom. The van der Waals surface area contributed by atoms with Gasteiger partial charge in [0.1, 0.15) is 0 Å². The first-order valence-corrected chi connectivity index (χ1v) is 6.64. The number of unbranched alkanes of at least 4 members (excludes halogenated alkanes) is 1. The Bertz CT molecular complexity index is 363. The van der Waals surface area contributed by atoms with Gasteiger partial charge in [-0.15, -0.1) is 0 Å². The van der Waals surface area contributed by atoms with Crippen molar-refractivity contribution >= 4 is 5.91 Å². The smallest absolute Gasteiger partial charge is 0.251 e. The first-order chi connectivity index (χ1) is 8.67. The molecule has 1 N–H and O–H groups in total. The molecule has 1 heterocycles. The Labute approximate surface area is 109 Å². The van der Waals surface area contributed by atoms with Gasteiger partial charge in [0, 0.05) is 18.7 Å². The highest BCUT2D eigenvalue weighted by molar-refractivity contribution is 5.93. The molecule has 0 aromatic carbocycles. The zero-order valence-corrected chi connectivity index (χ0v) is 11.2. The lowest BCUT2D eigenvalue weighted by Crippen LogP contribution is -2.30. The molecular formula is C14H22N2O2. The van der Waals surface area contributed by atoms with Crippen molar-refractivity contribution in [3.8, 4) is 0 Å². The summed E-state index contributed by atoms with van der Waals surface area (Å²) in [5.74, 6) is 0.438. The lowest BCUT2D eigenvalue weighted by Gasteiger charge is -2.15. The van der Waals surface area contributed by atoms with Gasteiger partial charge in [-0.2, -0.15) is 4.73 Å². The van der Waals surface area contributed by atoms with Crippen LogP contribution in [0, 0.1) is 11.1 Å². The molecule has 1 aromatic rings. The molecule has 0 aliphatic carbocycles. The molecule has 1 rings (SSSR count). The highest BCUT2D eigenvalue weighted by Gasteiger charge is 2.10. The molecule has 18 heavy (non-hydrogen) atoms. The van der Waals surface area contributed by atoms with Gasteiger partial charge in [0.25, 0.3) is 5.91 Å². The summed E-state index contributed by atoms with van der Waals surface area (Å²) in [6.45, 7) is 5.03. The number of hydrogen-bond donors (Lipinski definition) is 1. The number of amides is 1. The monoisotopic (exact) mass is 250 g/mol. The number of rotatable bonds is 7. The van der Waals surface area contributed by atoms with Gasteiger partial charge in [-0.1, -0.05) is 33.1 Å². The highest BCUT2D eigenvalue weighted by atomic mass is 16.5. The molecule has 4 heteroatoms. The van der Waals surface area contributed by atoms with Crippen molar-refractivity contribution in [3.05, 3.63) is 35.3 Å². The van der Waals surface area contributed by atoms with E-state index in [-0.39, 0.29) is 5.91 Å². The predicted octanol–water partition coefficient (Wildman–Crippen LogP) is 2.27. The van der Waals surface area contributed by atoms with Crippen LogP contribution in [0.1, 0.15) is 49.9 Å². The lowest BCUT2D eigenvalue weighted by atomic mass is 9.99. The second-order valence-electron chi connectivity index (χ2n) is 4.57. The SMILES string of the molecule is CCCCC(CC)CNC(=O)c1cc[n+]([O-])cc1. The Morgan fingerprint density at radius 2 is 2.06 bits per heavy atom. The van der Waals surface area contributed by atoms with Crippen LogP contribution in [0.4, 0.5) is 0 Å². The maximum Gasteiger partial charge on any atom is 0.251 e. The van der Waals surface area contributed by atoms with Gasteiger partial charge in [0.15, 0.2) is 12.4 Å². The highest BCUT2D eigenvalue weighted by Crippen LogP contribution is 2.11. The second-order valence-corrected chi connectivity index (χ2v) is 4.57. The molecule has 1 unspecified atom stereocenters. The molecular weight excluding hydrogens is 228 g/mol. The van der Waals surface area contributed by atoms with Crippen molar-refractivity contribution in [3.63, 3.8) is 0 Å². The van der Waals surface area contributed by atoms with E-state index < -0.39 is 0 Å². The third-order valence-corrected chi connectivity index (χ3v) is 3.16. The van der Waals surface area contributed by atoms with Crippen LogP contribution >= 0.6 is 0 Å². The zero-order valence-electron chi connectivity index (χ0n) is 11.2. The van der Waals surface area contributed by atoms with E-state index in [4.69, 9.17) is 0 Å². The van der Waals surface area contributed by atoms with Gasteiger partial charge in [0.05, 0.1) is 5.56 Å². The summed E-state index contributed by atoms with van der Waals surface area (Å²) in [5, 5.41) is 13.8. The van der Waals surface area contributed by atoms with E-state index >= 15 is 0 Å². The second kappa shape index (κ2) is 7.69. The van der Waals surface area contributed by atoms with Gasteiger partial charge in [-0.3, -0.25) is 4.79 Å². The van der Waals surface area contributed by atoms with E-state index in [1.165, 1.54) is 37.4 Å². The summed E-state index contributed by atoms with van der Waals surface area (Å²) in [7, 11) is 0. The van der Waals surface area contributed by atoms with Crippen molar-refractivity contribution in [2.45, 2.75) is 39.5 Å². The minimum atomic E-state index is -0.106. The number of pyridine rings is 1. The summed E-state index contributed by atoms with van der Waals surface area (Å²) in [6.07, 6.45) is 7.30.